The minimum atomic E-state index is -0.636. The van der Waals surface area contributed by atoms with E-state index in [1.54, 1.807) is 0 Å². The zero-order valence-corrected chi connectivity index (χ0v) is 17.7. The average Bonchev–Trinajstić information content (AvgIpc) is 2.47. The van der Waals surface area contributed by atoms with E-state index < -0.39 is 3.54 Å². The van der Waals surface area contributed by atoms with Crippen molar-refractivity contribution in [2.75, 3.05) is 0 Å². The van der Waals surface area contributed by atoms with Crippen molar-refractivity contribution >= 4 is 0 Å². The summed E-state index contributed by atoms with van der Waals surface area (Å²) < 4.78 is 12.2. The van der Waals surface area contributed by atoms with Crippen molar-refractivity contribution in [3.05, 3.63) is 57.6 Å². The maximum absolute atomic E-state index is 6.42. The van der Waals surface area contributed by atoms with Gasteiger partial charge in [-0.3, -0.25) is 0 Å². The van der Waals surface area contributed by atoms with Gasteiger partial charge in [-0.25, -0.2) is 0 Å². The van der Waals surface area contributed by atoms with E-state index in [0.717, 1.165) is 40.2 Å². The standard InChI is InChI=1S/C21H27O2.Sc/c1-8-19(22-20-15(4)9-13(2)10-16(20)5)23-21-17(6)11-14(3)12-18(21)7;/h9-12H,8H2,1-7H3;. The normalized spacial score (nSPS) is 11.4. The molecule has 126 valence electrons. The van der Waals surface area contributed by atoms with Crippen molar-refractivity contribution in [3.8, 4) is 11.5 Å². The molecule has 2 aromatic carbocycles. The van der Waals surface area contributed by atoms with Crippen LogP contribution in [0.2, 0.25) is 0 Å². The average molecular weight is 356 g/mol. The number of rotatable bonds is 5. The van der Waals surface area contributed by atoms with Crippen molar-refractivity contribution in [1.29, 1.82) is 0 Å². The summed E-state index contributed by atoms with van der Waals surface area (Å²) in [7, 11) is 0. The number of aryl methyl sites for hydroxylation is 6. The van der Waals surface area contributed by atoms with Gasteiger partial charge in [0.15, 0.2) is 0 Å². The van der Waals surface area contributed by atoms with Gasteiger partial charge in [0.2, 0.25) is 0 Å². The molecule has 0 N–H and O–H groups in total. The Morgan fingerprint density at radius 1 is 0.708 bits per heavy atom. The van der Waals surface area contributed by atoms with Gasteiger partial charge >= 0.3 is 161 Å². The molecule has 0 aromatic heterocycles. The Morgan fingerprint density at radius 3 is 1.25 bits per heavy atom. The van der Waals surface area contributed by atoms with Crippen LogP contribution in [0.15, 0.2) is 24.3 Å². The molecule has 0 atom stereocenters. The van der Waals surface area contributed by atoms with Crippen molar-refractivity contribution in [2.24, 2.45) is 0 Å². The first kappa shape index (κ1) is 19.2. The molecule has 3 heteroatoms. The molecule has 2 aromatic rings. The quantitative estimate of drug-likeness (QED) is 0.649. The Balaban J connectivity index is 2.37. The Bertz CT molecular complexity index is 644. The van der Waals surface area contributed by atoms with Crippen LogP contribution < -0.4 is 9.47 Å². The van der Waals surface area contributed by atoms with Crippen molar-refractivity contribution in [2.45, 2.75) is 58.4 Å². The van der Waals surface area contributed by atoms with Crippen LogP contribution in [0.25, 0.3) is 0 Å². The molecule has 0 spiro atoms. The molecule has 24 heavy (non-hydrogen) atoms. The fraction of sp³-hybridized carbons (Fsp3) is 0.429. The molecule has 0 aliphatic carbocycles. The van der Waals surface area contributed by atoms with Gasteiger partial charge in [-0.2, -0.15) is 0 Å². The molecule has 0 heterocycles. The van der Waals surface area contributed by atoms with Crippen LogP contribution >= 0.6 is 0 Å². The van der Waals surface area contributed by atoms with Gasteiger partial charge in [0.05, 0.1) is 0 Å². The van der Waals surface area contributed by atoms with Crippen LogP contribution in [0.4, 0.5) is 0 Å². The van der Waals surface area contributed by atoms with Gasteiger partial charge in [-0.1, -0.05) is 0 Å². The summed E-state index contributed by atoms with van der Waals surface area (Å²) in [6.45, 7) is 14.7. The van der Waals surface area contributed by atoms with Gasteiger partial charge < -0.3 is 0 Å². The van der Waals surface area contributed by atoms with Crippen LogP contribution in [-0.4, -0.2) is 3.54 Å². The second kappa shape index (κ2) is 7.43. The molecular formula is C21H27O2Sc. The van der Waals surface area contributed by atoms with Crippen LogP contribution in [0.1, 0.15) is 46.7 Å². The van der Waals surface area contributed by atoms with Gasteiger partial charge in [0, 0.05) is 0 Å². The zero-order valence-electron chi connectivity index (χ0n) is 15.9. The summed E-state index contributed by atoms with van der Waals surface area (Å²) >= 11 is 1.46. The van der Waals surface area contributed by atoms with Gasteiger partial charge in [-0.05, 0) is 0 Å². The van der Waals surface area contributed by atoms with E-state index in [-0.39, 0.29) is 0 Å². The first-order valence-electron chi connectivity index (χ1n) is 8.48. The summed E-state index contributed by atoms with van der Waals surface area (Å²) in [5.41, 5.74) is 7.14. The van der Waals surface area contributed by atoms with Crippen molar-refractivity contribution < 1.29 is 33.8 Å². The maximum atomic E-state index is 6.42. The van der Waals surface area contributed by atoms with E-state index in [9.17, 15) is 0 Å². The first-order valence-corrected chi connectivity index (χ1v) is 9.38. The van der Waals surface area contributed by atoms with Crippen LogP contribution in [0.5, 0.6) is 11.5 Å². The summed E-state index contributed by atoms with van der Waals surface area (Å²) in [4.78, 5) is 0. The number of benzene rings is 2. The van der Waals surface area contributed by atoms with E-state index in [2.05, 4.69) is 72.7 Å². The third-order valence-corrected chi connectivity index (χ3v) is 5.26. The van der Waals surface area contributed by atoms with E-state index in [0.29, 0.717) is 0 Å². The summed E-state index contributed by atoms with van der Waals surface area (Å²) in [6, 6.07) is 8.64. The molecule has 0 unspecified atom stereocenters. The molecular weight excluding hydrogens is 329 g/mol. The first-order chi connectivity index (χ1) is 11.1. The number of hydrogen-bond donors (Lipinski definition) is 0. The van der Waals surface area contributed by atoms with Crippen molar-refractivity contribution in [1.82, 2.24) is 0 Å². The predicted molar refractivity (Wildman–Crippen MR) is 95.6 cm³/mol. The molecule has 2 rings (SSSR count). The molecule has 0 fully saturated rings. The third-order valence-electron chi connectivity index (χ3n) is 4.25. The fourth-order valence-corrected chi connectivity index (χ4v) is 3.53. The van der Waals surface area contributed by atoms with E-state index in [1.807, 2.05) is 0 Å². The van der Waals surface area contributed by atoms with E-state index in [1.165, 1.54) is 35.5 Å². The molecule has 0 saturated heterocycles. The molecule has 0 aliphatic rings. The van der Waals surface area contributed by atoms with Crippen LogP contribution in [-0.2, 0) is 24.4 Å². The molecule has 0 bridgehead atoms. The molecule has 0 amide bonds. The van der Waals surface area contributed by atoms with E-state index >= 15 is 0 Å². The van der Waals surface area contributed by atoms with E-state index in [4.69, 9.17) is 9.47 Å². The van der Waals surface area contributed by atoms with Crippen molar-refractivity contribution in [3.63, 3.8) is 0 Å². The zero-order chi connectivity index (χ0) is 18.1. The monoisotopic (exact) mass is 356 g/mol. The minimum absolute atomic E-state index is 0.636. The predicted octanol–water partition coefficient (Wildman–Crippen LogP) is 5.61. The summed E-state index contributed by atoms with van der Waals surface area (Å²) in [5, 5.41) is 0. The molecule has 0 radical (unpaired) electrons. The Morgan fingerprint density at radius 2 is 1.00 bits per heavy atom. The number of ether oxygens (including phenoxy) is 2. The van der Waals surface area contributed by atoms with Gasteiger partial charge in [-0.15, -0.1) is 0 Å². The number of hydrogen-bond acceptors (Lipinski definition) is 2. The van der Waals surface area contributed by atoms with Crippen LogP contribution in [0.3, 0.4) is 0 Å². The Hall–Kier alpha value is -1.09. The molecule has 0 saturated carbocycles. The van der Waals surface area contributed by atoms with Gasteiger partial charge in [0.1, 0.15) is 0 Å². The Kier molecular flexibility index (Phi) is 5.95. The Labute approximate surface area is 161 Å². The molecule has 0 aliphatic heterocycles. The third kappa shape index (κ3) is 4.30. The van der Waals surface area contributed by atoms with Gasteiger partial charge in [0.25, 0.3) is 0 Å². The molecule has 2 nitrogen and oxygen atoms in total. The topological polar surface area (TPSA) is 18.5 Å². The van der Waals surface area contributed by atoms with Crippen LogP contribution in [0, 0.1) is 41.5 Å². The fourth-order valence-electron chi connectivity index (χ4n) is 3.17. The summed E-state index contributed by atoms with van der Waals surface area (Å²) in [6.07, 6.45) is 0.784. The summed E-state index contributed by atoms with van der Waals surface area (Å²) in [5.74, 6) is 1.88. The second-order valence-electron chi connectivity index (χ2n) is 6.83. The SMILES string of the molecule is CC[C]([Sc])(Oc1c(C)cc(C)cc1C)Oc1c(C)cc(C)cc1C. The second-order valence-corrected chi connectivity index (χ2v) is 8.20.